The molecule has 1 heterocycles. The van der Waals surface area contributed by atoms with E-state index in [0.29, 0.717) is 5.41 Å². The third kappa shape index (κ3) is 3.63. The van der Waals surface area contributed by atoms with Crippen LogP contribution in [0.2, 0.25) is 0 Å². The van der Waals surface area contributed by atoms with E-state index in [9.17, 15) is 0 Å². The predicted octanol–water partition coefficient (Wildman–Crippen LogP) is 5.38. The molecule has 2 nitrogen and oxygen atoms in total. The first kappa shape index (κ1) is 15.1. The molecule has 19 heavy (non-hydrogen) atoms. The summed E-state index contributed by atoms with van der Waals surface area (Å²) in [7, 11) is 0. The van der Waals surface area contributed by atoms with Crippen LogP contribution >= 0.6 is 34.2 Å². The molecule has 0 aliphatic carbocycles. The molecule has 104 valence electrons. The van der Waals surface area contributed by atoms with Gasteiger partial charge in [-0.25, -0.2) is 4.98 Å². The summed E-state index contributed by atoms with van der Waals surface area (Å²) in [6, 6.07) is 6.39. The van der Waals surface area contributed by atoms with Crippen LogP contribution in [0.5, 0.6) is 0 Å². The van der Waals surface area contributed by atoms with Crippen molar-refractivity contribution in [3.05, 3.63) is 27.6 Å². The number of fused-ring (bicyclic) bond motifs is 1. The summed E-state index contributed by atoms with van der Waals surface area (Å²) < 4.78 is 3.48. The van der Waals surface area contributed by atoms with Gasteiger partial charge in [0.05, 0.1) is 16.4 Å². The second kappa shape index (κ2) is 5.60. The minimum absolute atomic E-state index is 0.0648. The lowest BCUT2D eigenvalue weighted by Gasteiger charge is -2.20. The van der Waals surface area contributed by atoms with E-state index < -0.39 is 0 Å². The number of halogens is 2. The maximum Gasteiger partial charge on any atom is 0.127 e. The third-order valence-electron chi connectivity index (χ3n) is 3.18. The number of aromatic nitrogens is 2. The standard InChI is InChI=1S/C15H20ClIN2/c1-10(16)14-18-12-9-11(17)5-6-13(12)19(14)8-7-15(2,3)4/h5-6,9-10H,7-8H2,1-4H3. The highest BCUT2D eigenvalue weighted by molar-refractivity contribution is 14.1. The summed E-state index contributed by atoms with van der Waals surface area (Å²) in [4.78, 5) is 4.70. The van der Waals surface area contributed by atoms with Crippen molar-refractivity contribution in [2.45, 2.75) is 46.0 Å². The SMILES string of the molecule is CC(Cl)c1nc2cc(I)ccc2n1CCC(C)(C)C. The molecule has 0 aliphatic rings. The van der Waals surface area contributed by atoms with Gasteiger partial charge in [0.2, 0.25) is 0 Å². The van der Waals surface area contributed by atoms with Gasteiger partial charge >= 0.3 is 0 Å². The van der Waals surface area contributed by atoms with Crippen LogP contribution < -0.4 is 0 Å². The third-order valence-corrected chi connectivity index (χ3v) is 4.05. The Kier molecular flexibility index (Phi) is 4.45. The average molecular weight is 391 g/mol. The molecular weight excluding hydrogens is 371 g/mol. The van der Waals surface area contributed by atoms with Crippen LogP contribution in [0.3, 0.4) is 0 Å². The van der Waals surface area contributed by atoms with Crippen molar-refractivity contribution in [3.63, 3.8) is 0 Å². The molecule has 2 aromatic rings. The van der Waals surface area contributed by atoms with Gasteiger partial charge in [-0.15, -0.1) is 11.6 Å². The van der Waals surface area contributed by atoms with Crippen LogP contribution in [-0.2, 0) is 6.54 Å². The molecule has 0 amide bonds. The first-order chi connectivity index (χ1) is 8.78. The smallest absolute Gasteiger partial charge is 0.127 e. The molecule has 0 aliphatic heterocycles. The van der Waals surface area contributed by atoms with Gasteiger partial charge < -0.3 is 4.57 Å². The lowest BCUT2D eigenvalue weighted by Crippen LogP contribution is -2.12. The molecule has 0 saturated heterocycles. The average Bonchev–Trinajstić information content (AvgIpc) is 2.63. The van der Waals surface area contributed by atoms with Crippen LogP contribution in [0.4, 0.5) is 0 Å². The first-order valence-corrected chi connectivity index (χ1v) is 8.09. The highest BCUT2D eigenvalue weighted by atomic mass is 127. The van der Waals surface area contributed by atoms with E-state index in [1.165, 1.54) is 9.09 Å². The van der Waals surface area contributed by atoms with Gasteiger partial charge in [0, 0.05) is 10.1 Å². The van der Waals surface area contributed by atoms with Gasteiger partial charge in [-0.05, 0) is 59.5 Å². The topological polar surface area (TPSA) is 17.8 Å². The van der Waals surface area contributed by atoms with E-state index in [2.05, 4.69) is 66.1 Å². The van der Waals surface area contributed by atoms with E-state index in [1.807, 2.05) is 6.92 Å². The molecule has 1 aromatic heterocycles. The molecule has 1 atom stereocenters. The number of benzene rings is 1. The molecule has 0 N–H and O–H groups in total. The van der Waals surface area contributed by atoms with E-state index >= 15 is 0 Å². The van der Waals surface area contributed by atoms with Crippen LogP contribution in [0.25, 0.3) is 11.0 Å². The summed E-state index contributed by atoms with van der Waals surface area (Å²) in [5.74, 6) is 0.975. The maximum absolute atomic E-state index is 6.28. The zero-order valence-corrected chi connectivity index (χ0v) is 14.8. The number of imidazole rings is 1. The predicted molar refractivity (Wildman–Crippen MR) is 90.8 cm³/mol. The molecular formula is C15H20ClIN2. The molecule has 0 spiro atoms. The maximum atomic E-state index is 6.28. The van der Waals surface area contributed by atoms with Crippen molar-refractivity contribution >= 4 is 45.2 Å². The van der Waals surface area contributed by atoms with Crippen molar-refractivity contribution < 1.29 is 0 Å². The molecule has 0 radical (unpaired) electrons. The second-order valence-electron chi connectivity index (χ2n) is 6.18. The minimum atomic E-state index is -0.0648. The molecule has 0 fully saturated rings. The van der Waals surface area contributed by atoms with Gasteiger partial charge in [-0.1, -0.05) is 20.8 Å². The van der Waals surface area contributed by atoms with E-state index in [4.69, 9.17) is 16.6 Å². The summed E-state index contributed by atoms with van der Waals surface area (Å²) in [6.07, 6.45) is 1.11. The summed E-state index contributed by atoms with van der Waals surface area (Å²) in [5.41, 5.74) is 2.54. The summed E-state index contributed by atoms with van der Waals surface area (Å²) in [6.45, 7) is 9.74. The fraction of sp³-hybridized carbons (Fsp3) is 0.533. The number of hydrogen-bond acceptors (Lipinski definition) is 1. The zero-order chi connectivity index (χ0) is 14.2. The number of hydrogen-bond donors (Lipinski definition) is 0. The Bertz CT molecular complexity index is 582. The summed E-state index contributed by atoms with van der Waals surface area (Å²) in [5, 5.41) is -0.0648. The number of alkyl halides is 1. The van der Waals surface area contributed by atoms with Crippen LogP contribution in [0, 0.1) is 8.99 Å². The van der Waals surface area contributed by atoms with Crippen molar-refractivity contribution in [2.24, 2.45) is 5.41 Å². The summed E-state index contributed by atoms with van der Waals surface area (Å²) >= 11 is 8.60. The normalized spacial score (nSPS) is 14.0. The van der Waals surface area contributed by atoms with Crippen molar-refractivity contribution in [1.29, 1.82) is 0 Å². The lowest BCUT2D eigenvalue weighted by atomic mass is 9.92. The molecule has 1 unspecified atom stereocenters. The molecule has 0 bridgehead atoms. The minimum Gasteiger partial charge on any atom is -0.327 e. The van der Waals surface area contributed by atoms with Crippen LogP contribution in [0.1, 0.15) is 45.3 Å². The largest absolute Gasteiger partial charge is 0.327 e. The highest BCUT2D eigenvalue weighted by Crippen LogP contribution is 2.28. The Labute approximate surface area is 133 Å². The highest BCUT2D eigenvalue weighted by Gasteiger charge is 2.17. The molecule has 2 rings (SSSR count). The lowest BCUT2D eigenvalue weighted by molar-refractivity contribution is 0.350. The zero-order valence-electron chi connectivity index (χ0n) is 11.9. The Balaban J connectivity index is 2.46. The Morgan fingerprint density at radius 1 is 1.37 bits per heavy atom. The van der Waals surface area contributed by atoms with Gasteiger partial charge in [0.25, 0.3) is 0 Å². The number of nitrogens with zero attached hydrogens (tertiary/aromatic N) is 2. The van der Waals surface area contributed by atoms with Crippen LogP contribution in [-0.4, -0.2) is 9.55 Å². The van der Waals surface area contributed by atoms with E-state index in [-0.39, 0.29) is 5.38 Å². The first-order valence-electron chi connectivity index (χ1n) is 6.58. The van der Waals surface area contributed by atoms with Gasteiger partial charge in [0.15, 0.2) is 0 Å². The number of rotatable bonds is 3. The Hall–Kier alpha value is -0.290. The molecule has 0 saturated carbocycles. The van der Waals surface area contributed by atoms with Crippen LogP contribution in [0.15, 0.2) is 18.2 Å². The fourth-order valence-corrected chi connectivity index (χ4v) is 2.75. The molecule has 1 aromatic carbocycles. The van der Waals surface area contributed by atoms with Crippen molar-refractivity contribution in [1.82, 2.24) is 9.55 Å². The monoisotopic (exact) mass is 390 g/mol. The van der Waals surface area contributed by atoms with Gasteiger partial charge in [0.1, 0.15) is 5.82 Å². The second-order valence-corrected chi connectivity index (χ2v) is 8.08. The van der Waals surface area contributed by atoms with E-state index in [0.717, 1.165) is 24.3 Å². The van der Waals surface area contributed by atoms with Crippen molar-refractivity contribution in [2.75, 3.05) is 0 Å². The Morgan fingerprint density at radius 2 is 2.05 bits per heavy atom. The van der Waals surface area contributed by atoms with Gasteiger partial charge in [-0.2, -0.15) is 0 Å². The Morgan fingerprint density at radius 3 is 2.63 bits per heavy atom. The van der Waals surface area contributed by atoms with Crippen molar-refractivity contribution in [3.8, 4) is 0 Å². The fourth-order valence-electron chi connectivity index (χ4n) is 2.11. The number of aryl methyl sites for hydroxylation is 1. The molecule has 4 heteroatoms. The van der Waals surface area contributed by atoms with E-state index in [1.54, 1.807) is 0 Å². The van der Waals surface area contributed by atoms with Gasteiger partial charge in [-0.3, -0.25) is 0 Å². The quantitative estimate of drug-likeness (QED) is 0.508.